The van der Waals surface area contributed by atoms with E-state index in [1.54, 1.807) is 21.9 Å². The van der Waals surface area contributed by atoms with Crippen molar-refractivity contribution in [3.05, 3.63) is 59.5 Å². The van der Waals surface area contributed by atoms with Gasteiger partial charge < -0.3 is 19.5 Å². The van der Waals surface area contributed by atoms with Crippen LogP contribution in [-0.2, 0) is 12.8 Å². The molecule has 0 bridgehead atoms. The van der Waals surface area contributed by atoms with Gasteiger partial charge in [0.15, 0.2) is 5.76 Å². The van der Waals surface area contributed by atoms with E-state index in [-0.39, 0.29) is 17.4 Å². The Morgan fingerprint density at radius 2 is 1.63 bits per heavy atom. The first-order chi connectivity index (χ1) is 13.0. The van der Waals surface area contributed by atoms with E-state index in [0.717, 1.165) is 12.8 Å². The van der Waals surface area contributed by atoms with Gasteiger partial charge in [-0.3, -0.25) is 4.79 Å². The van der Waals surface area contributed by atoms with Crippen molar-refractivity contribution in [2.45, 2.75) is 19.8 Å². The summed E-state index contributed by atoms with van der Waals surface area (Å²) in [5, 5.41) is 3.11. The number of rotatable bonds is 3. The molecule has 6 nitrogen and oxygen atoms in total. The zero-order chi connectivity index (χ0) is 18.9. The molecule has 0 unspecified atom stereocenters. The average molecular weight is 367 g/mol. The lowest BCUT2D eigenvalue weighted by atomic mass is 9.87. The summed E-state index contributed by atoms with van der Waals surface area (Å²) in [5.41, 5.74) is 2.84. The highest BCUT2D eigenvalue weighted by molar-refractivity contribution is 5.91. The van der Waals surface area contributed by atoms with Crippen LogP contribution in [0.4, 0.5) is 4.79 Å². The minimum Gasteiger partial charge on any atom is -0.459 e. The summed E-state index contributed by atoms with van der Waals surface area (Å²) in [7, 11) is 0. The van der Waals surface area contributed by atoms with Gasteiger partial charge in [-0.05, 0) is 41.5 Å². The SMILES string of the molecule is CC1(CNC(=O)N2CCN(C(=O)c3ccco3)CC2)Cc2ccccc2C1. The van der Waals surface area contributed by atoms with Gasteiger partial charge in [-0.2, -0.15) is 0 Å². The molecule has 1 aliphatic heterocycles. The van der Waals surface area contributed by atoms with Crippen LogP contribution >= 0.6 is 0 Å². The van der Waals surface area contributed by atoms with Crippen molar-refractivity contribution in [1.82, 2.24) is 15.1 Å². The number of amides is 3. The lowest BCUT2D eigenvalue weighted by molar-refractivity contribution is 0.0633. The van der Waals surface area contributed by atoms with Gasteiger partial charge in [-0.25, -0.2) is 4.79 Å². The van der Waals surface area contributed by atoms with E-state index < -0.39 is 0 Å². The van der Waals surface area contributed by atoms with Crippen LogP contribution in [-0.4, -0.2) is 54.5 Å². The topological polar surface area (TPSA) is 65.8 Å². The van der Waals surface area contributed by atoms with Gasteiger partial charge in [0, 0.05) is 32.7 Å². The van der Waals surface area contributed by atoms with Crippen LogP contribution in [0.3, 0.4) is 0 Å². The van der Waals surface area contributed by atoms with Crippen LogP contribution in [0.1, 0.15) is 28.6 Å². The first-order valence-corrected chi connectivity index (χ1v) is 9.46. The second-order valence-corrected chi connectivity index (χ2v) is 7.85. The highest BCUT2D eigenvalue weighted by atomic mass is 16.3. The molecule has 1 aromatic carbocycles. The lowest BCUT2D eigenvalue weighted by Crippen LogP contribution is -2.54. The predicted molar refractivity (Wildman–Crippen MR) is 102 cm³/mol. The van der Waals surface area contributed by atoms with Gasteiger partial charge in [0.25, 0.3) is 5.91 Å². The maximum atomic E-state index is 12.6. The van der Waals surface area contributed by atoms with Crippen LogP contribution in [0.15, 0.2) is 47.1 Å². The van der Waals surface area contributed by atoms with Crippen molar-refractivity contribution in [3.8, 4) is 0 Å². The molecule has 0 spiro atoms. The second-order valence-electron chi connectivity index (χ2n) is 7.85. The van der Waals surface area contributed by atoms with Crippen LogP contribution in [0.5, 0.6) is 0 Å². The molecule has 0 atom stereocenters. The molecule has 3 amide bonds. The Balaban J connectivity index is 1.26. The zero-order valence-electron chi connectivity index (χ0n) is 15.6. The number of nitrogens with one attached hydrogen (secondary N) is 1. The van der Waals surface area contributed by atoms with Crippen molar-refractivity contribution in [2.24, 2.45) is 5.41 Å². The number of furan rings is 1. The van der Waals surface area contributed by atoms with Crippen LogP contribution in [0, 0.1) is 5.41 Å². The summed E-state index contributed by atoms with van der Waals surface area (Å²) in [6, 6.07) is 11.8. The third-order valence-electron chi connectivity index (χ3n) is 5.61. The number of benzene rings is 1. The summed E-state index contributed by atoms with van der Waals surface area (Å²) in [6.07, 6.45) is 3.49. The normalized spacial score (nSPS) is 18.3. The quantitative estimate of drug-likeness (QED) is 0.907. The molecule has 2 aliphatic rings. The summed E-state index contributed by atoms with van der Waals surface area (Å²) < 4.78 is 5.17. The summed E-state index contributed by atoms with van der Waals surface area (Å²) in [4.78, 5) is 28.4. The fraction of sp³-hybridized carbons (Fsp3) is 0.429. The third-order valence-corrected chi connectivity index (χ3v) is 5.61. The van der Waals surface area contributed by atoms with Crippen molar-refractivity contribution >= 4 is 11.9 Å². The maximum absolute atomic E-state index is 12.6. The molecule has 0 saturated carbocycles. The molecule has 1 N–H and O–H groups in total. The molecule has 4 rings (SSSR count). The zero-order valence-corrected chi connectivity index (χ0v) is 15.6. The molecular formula is C21H25N3O3. The summed E-state index contributed by atoms with van der Waals surface area (Å²) in [6.45, 7) is 5.01. The Morgan fingerprint density at radius 1 is 1.00 bits per heavy atom. The molecule has 1 saturated heterocycles. The number of piperazine rings is 1. The first kappa shape index (κ1) is 17.6. The van der Waals surface area contributed by atoms with E-state index in [0.29, 0.717) is 38.5 Å². The minimum atomic E-state index is -0.115. The number of hydrogen-bond donors (Lipinski definition) is 1. The molecule has 2 aromatic rings. The van der Waals surface area contributed by atoms with Gasteiger partial charge in [-0.15, -0.1) is 0 Å². The largest absolute Gasteiger partial charge is 0.459 e. The number of nitrogens with zero attached hydrogens (tertiary/aromatic N) is 2. The van der Waals surface area contributed by atoms with Crippen molar-refractivity contribution in [2.75, 3.05) is 32.7 Å². The fourth-order valence-corrected chi connectivity index (χ4v) is 4.08. The summed E-state index contributed by atoms with van der Waals surface area (Å²) >= 11 is 0. The number of hydrogen-bond acceptors (Lipinski definition) is 3. The Bertz CT molecular complexity index is 798. The molecule has 1 aliphatic carbocycles. The predicted octanol–water partition coefficient (Wildman–Crippen LogP) is 2.55. The molecule has 0 radical (unpaired) electrons. The Kier molecular flexibility index (Phi) is 4.64. The Morgan fingerprint density at radius 3 is 2.22 bits per heavy atom. The molecule has 1 fully saturated rings. The number of urea groups is 1. The highest BCUT2D eigenvalue weighted by Crippen LogP contribution is 2.35. The number of carbonyl (C=O) groups is 2. The average Bonchev–Trinajstić information content (AvgIpc) is 3.33. The Labute approximate surface area is 159 Å². The monoisotopic (exact) mass is 367 g/mol. The first-order valence-electron chi connectivity index (χ1n) is 9.46. The van der Waals surface area contributed by atoms with Crippen molar-refractivity contribution in [3.63, 3.8) is 0 Å². The van der Waals surface area contributed by atoms with E-state index in [2.05, 4.69) is 36.5 Å². The highest BCUT2D eigenvalue weighted by Gasteiger charge is 2.34. The van der Waals surface area contributed by atoms with Gasteiger partial charge >= 0.3 is 6.03 Å². The fourth-order valence-electron chi connectivity index (χ4n) is 4.08. The van der Waals surface area contributed by atoms with E-state index in [9.17, 15) is 9.59 Å². The molecule has 27 heavy (non-hydrogen) atoms. The van der Waals surface area contributed by atoms with Gasteiger partial charge in [0.1, 0.15) is 0 Å². The van der Waals surface area contributed by atoms with E-state index >= 15 is 0 Å². The standard InChI is InChI=1S/C21H25N3O3/c1-21(13-16-5-2-3-6-17(16)14-21)15-22-20(26)24-10-8-23(9-11-24)19(25)18-7-4-12-27-18/h2-7,12H,8-11,13-15H2,1H3,(H,22,26). The van der Waals surface area contributed by atoms with E-state index in [4.69, 9.17) is 4.42 Å². The van der Waals surface area contributed by atoms with Crippen molar-refractivity contribution < 1.29 is 14.0 Å². The van der Waals surface area contributed by atoms with Crippen LogP contribution in [0.2, 0.25) is 0 Å². The molecule has 2 heterocycles. The van der Waals surface area contributed by atoms with Crippen LogP contribution < -0.4 is 5.32 Å². The molecule has 6 heteroatoms. The third kappa shape index (κ3) is 3.70. The number of fused-ring (bicyclic) bond motifs is 1. The molecule has 1 aromatic heterocycles. The van der Waals surface area contributed by atoms with E-state index in [1.807, 2.05) is 0 Å². The molecular weight excluding hydrogens is 342 g/mol. The second kappa shape index (κ2) is 7.10. The smallest absolute Gasteiger partial charge is 0.317 e. The van der Waals surface area contributed by atoms with Gasteiger partial charge in [0.2, 0.25) is 0 Å². The van der Waals surface area contributed by atoms with Crippen LogP contribution in [0.25, 0.3) is 0 Å². The minimum absolute atomic E-state index is 0.0442. The van der Waals surface area contributed by atoms with Crippen molar-refractivity contribution in [1.29, 1.82) is 0 Å². The van der Waals surface area contributed by atoms with E-state index in [1.165, 1.54) is 17.4 Å². The van der Waals surface area contributed by atoms with Gasteiger partial charge in [0.05, 0.1) is 6.26 Å². The van der Waals surface area contributed by atoms with Gasteiger partial charge in [-0.1, -0.05) is 31.2 Å². The number of carbonyl (C=O) groups excluding carboxylic acids is 2. The lowest BCUT2D eigenvalue weighted by Gasteiger charge is -2.35. The molecule has 142 valence electrons. The maximum Gasteiger partial charge on any atom is 0.317 e. The Hall–Kier alpha value is -2.76. The summed E-state index contributed by atoms with van der Waals surface area (Å²) in [5.74, 6) is 0.234.